The van der Waals surface area contributed by atoms with Crippen LogP contribution in [0.5, 0.6) is 17.2 Å². The predicted octanol–water partition coefficient (Wildman–Crippen LogP) is 4.34. The molecule has 0 bridgehead atoms. The van der Waals surface area contributed by atoms with Gasteiger partial charge in [-0.3, -0.25) is 0 Å². The molecule has 3 aromatic carbocycles. The fourth-order valence-corrected chi connectivity index (χ4v) is 6.67. The number of ether oxygens (including phenoxy) is 2. The Labute approximate surface area is 215 Å². The van der Waals surface area contributed by atoms with Crippen LogP contribution >= 0.6 is 12.4 Å². The van der Waals surface area contributed by atoms with Crippen LogP contribution in [0.25, 0.3) is 20.8 Å². The standard InChI is InChI=1S/C27H25NO5Se.ClH/c29-20-5-1-18(2-6-20)25-23-10-7-21(30)17-24(23)34-27(25)26(31)19-3-8-22(9-4-19)33-16-13-28-11-14-32-15-12-28;/h1-10,17,29-30H,11-16H2;1H. The third-order valence-corrected chi connectivity index (χ3v) is 8.35. The summed E-state index contributed by atoms with van der Waals surface area (Å²) in [7, 11) is 0. The van der Waals surface area contributed by atoms with Crippen LogP contribution < -0.4 is 4.74 Å². The maximum atomic E-state index is 13.6. The Balaban J connectivity index is 0.00000289. The van der Waals surface area contributed by atoms with Crippen molar-refractivity contribution >= 4 is 42.3 Å². The van der Waals surface area contributed by atoms with Crippen molar-refractivity contribution in [1.29, 1.82) is 0 Å². The fraction of sp³-hybridized carbons (Fsp3) is 0.222. The van der Waals surface area contributed by atoms with Gasteiger partial charge in [0.1, 0.15) is 0 Å². The van der Waals surface area contributed by atoms with Gasteiger partial charge >= 0.3 is 199 Å². The van der Waals surface area contributed by atoms with Crippen molar-refractivity contribution < 1.29 is 24.5 Å². The summed E-state index contributed by atoms with van der Waals surface area (Å²) in [4.78, 5) is 15.9. The fourth-order valence-electron chi connectivity index (χ4n) is 4.11. The predicted molar refractivity (Wildman–Crippen MR) is 140 cm³/mol. The Morgan fingerprint density at radius 1 is 0.943 bits per heavy atom. The van der Waals surface area contributed by atoms with E-state index in [1.165, 1.54) is 0 Å². The number of ketones is 1. The summed E-state index contributed by atoms with van der Waals surface area (Å²) in [5.41, 5.74) is 2.34. The molecule has 5 rings (SSSR count). The maximum absolute atomic E-state index is 13.6. The van der Waals surface area contributed by atoms with Gasteiger partial charge in [0, 0.05) is 0 Å². The molecule has 4 aromatic rings. The van der Waals surface area contributed by atoms with Gasteiger partial charge < -0.3 is 4.74 Å². The number of hydrogen-bond acceptors (Lipinski definition) is 6. The van der Waals surface area contributed by atoms with Crippen molar-refractivity contribution in [3.63, 3.8) is 0 Å². The van der Waals surface area contributed by atoms with Crippen molar-refractivity contribution in [2.75, 3.05) is 39.5 Å². The second-order valence-corrected chi connectivity index (χ2v) is 10.4. The zero-order valence-electron chi connectivity index (χ0n) is 19.0. The van der Waals surface area contributed by atoms with E-state index in [4.69, 9.17) is 9.47 Å². The number of aromatic hydroxyl groups is 2. The summed E-state index contributed by atoms with van der Waals surface area (Å²) < 4.78 is 13.0. The molecule has 1 fully saturated rings. The Bertz CT molecular complexity index is 1300. The third-order valence-electron chi connectivity index (χ3n) is 5.93. The molecule has 182 valence electrons. The quantitative estimate of drug-likeness (QED) is 0.260. The second kappa shape index (κ2) is 11.3. The van der Waals surface area contributed by atoms with Crippen LogP contribution in [0, 0.1) is 0 Å². The first-order valence-corrected chi connectivity index (χ1v) is 12.9. The van der Waals surface area contributed by atoms with Crippen molar-refractivity contribution in [3.05, 3.63) is 76.7 Å². The summed E-state index contributed by atoms with van der Waals surface area (Å²) in [5.74, 6) is 1.08. The molecule has 8 heteroatoms. The van der Waals surface area contributed by atoms with Crippen LogP contribution in [0.2, 0.25) is 0 Å². The number of halogens is 1. The normalized spacial score (nSPS) is 13.9. The van der Waals surface area contributed by atoms with Gasteiger partial charge in [0.2, 0.25) is 0 Å². The topological polar surface area (TPSA) is 79.2 Å². The zero-order valence-corrected chi connectivity index (χ0v) is 21.5. The molecule has 0 unspecified atom stereocenters. The number of hydrogen-bond donors (Lipinski definition) is 2. The molecule has 0 spiro atoms. The first-order valence-electron chi connectivity index (χ1n) is 11.2. The van der Waals surface area contributed by atoms with Crippen LogP contribution in [0.1, 0.15) is 14.8 Å². The van der Waals surface area contributed by atoms with E-state index >= 15 is 0 Å². The first-order chi connectivity index (χ1) is 16.6. The molecule has 1 saturated heterocycles. The van der Waals surface area contributed by atoms with Crippen molar-refractivity contribution in [2.45, 2.75) is 0 Å². The molecule has 0 atom stereocenters. The molecule has 2 heterocycles. The number of carbonyl (C=O) groups is 1. The Morgan fingerprint density at radius 3 is 2.34 bits per heavy atom. The number of carbonyl (C=O) groups excluding carboxylic acids is 1. The number of fused-ring (bicyclic) bond motifs is 1. The van der Waals surface area contributed by atoms with Crippen LogP contribution in [0.15, 0.2) is 66.7 Å². The Morgan fingerprint density at radius 2 is 1.63 bits per heavy atom. The van der Waals surface area contributed by atoms with E-state index in [2.05, 4.69) is 4.90 Å². The van der Waals surface area contributed by atoms with E-state index in [1.807, 2.05) is 42.5 Å². The minimum atomic E-state index is -0.244. The van der Waals surface area contributed by atoms with Crippen molar-refractivity contribution in [1.82, 2.24) is 4.90 Å². The van der Waals surface area contributed by atoms with Gasteiger partial charge in [-0.2, -0.15) is 0 Å². The molecular weight excluding hydrogens is 533 g/mol. The van der Waals surface area contributed by atoms with Gasteiger partial charge in [-0.05, 0) is 0 Å². The van der Waals surface area contributed by atoms with Crippen LogP contribution in [-0.2, 0) is 4.74 Å². The van der Waals surface area contributed by atoms with E-state index < -0.39 is 0 Å². The van der Waals surface area contributed by atoms with Gasteiger partial charge in [-0.1, -0.05) is 0 Å². The van der Waals surface area contributed by atoms with Gasteiger partial charge in [-0.15, -0.1) is 12.4 Å². The molecule has 1 aliphatic rings. The van der Waals surface area contributed by atoms with E-state index in [0.717, 1.165) is 63.8 Å². The number of nitrogens with zero attached hydrogens (tertiary/aromatic N) is 1. The molecular formula is C27H26ClNO5Se. The number of benzene rings is 3. The van der Waals surface area contributed by atoms with Gasteiger partial charge in [0.05, 0.1) is 0 Å². The molecule has 1 aromatic heterocycles. The van der Waals surface area contributed by atoms with Crippen molar-refractivity contribution in [3.8, 4) is 28.4 Å². The van der Waals surface area contributed by atoms with Gasteiger partial charge in [0.25, 0.3) is 0 Å². The number of phenols is 2. The van der Waals surface area contributed by atoms with Gasteiger partial charge in [0.15, 0.2) is 0 Å². The van der Waals surface area contributed by atoms with Gasteiger partial charge in [-0.25, -0.2) is 0 Å². The molecule has 6 nitrogen and oxygen atoms in total. The Hall–Kier alpha value is -2.80. The molecule has 0 amide bonds. The third kappa shape index (κ3) is 5.72. The number of morpholine rings is 1. The summed E-state index contributed by atoms with van der Waals surface area (Å²) >= 11 is -0.244. The SMILES string of the molecule is Cl.O=C(c1ccc(OCCN2CCOCC2)cc1)c1[se]c2cc(O)ccc2c1-c1ccc(O)cc1. The molecule has 1 aliphatic heterocycles. The molecule has 2 N–H and O–H groups in total. The second-order valence-electron chi connectivity index (χ2n) is 8.19. The molecule has 0 radical (unpaired) electrons. The van der Waals surface area contributed by atoms with Crippen LogP contribution in [0.4, 0.5) is 0 Å². The van der Waals surface area contributed by atoms with E-state index in [9.17, 15) is 15.0 Å². The summed E-state index contributed by atoms with van der Waals surface area (Å²) in [6.45, 7) is 4.83. The summed E-state index contributed by atoms with van der Waals surface area (Å²) in [5, 5.41) is 20.6. The van der Waals surface area contributed by atoms with Crippen LogP contribution in [-0.4, -0.2) is 74.9 Å². The molecule has 0 aliphatic carbocycles. The Kier molecular flexibility index (Phi) is 8.16. The molecule has 35 heavy (non-hydrogen) atoms. The monoisotopic (exact) mass is 559 g/mol. The average molecular weight is 559 g/mol. The molecule has 0 saturated carbocycles. The number of phenolic OH excluding ortho intramolecular Hbond substituents is 2. The first kappa shape index (κ1) is 25.3. The van der Waals surface area contributed by atoms with Crippen LogP contribution in [0.3, 0.4) is 0 Å². The number of rotatable bonds is 7. The van der Waals surface area contributed by atoms with Crippen molar-refractivity contribution in [2.24, 2.45) is 0 Å². The summed E-state index contributed by atoms with van der Waals surface area (Å²) in [6.07, 6.45) is 0. The van der Waals surface area contributed by atoms with E-state index in [1.54, 1.807) is 24.3 Å². The van der Waals surface area contributed by atoms with E-state index in [0.29, 0.717) is 12.2 Å². The average Bonchev–Trinajstić information content (AvgIpc) is 3.23. The minimum absolute atomic E-state index is 0. The van der Waals surface area contributed by atoms with E-state index in [-0.39, 0.29) is 44.2 Å². The zero-order chi connectivity index (χ0) is 23.5. The summed E-state index contributed by atoms with van der Waals surface area (Å²) in [6, 6.07) is 19.4.